The minimum atomic E-state index is 0.471. The van der Waals surface area contributed by atoms with Crippen molar-refractivity contribution < 1.29 is 4.74 Å². The summed E-state index contributed by atoms with van der Waals surface area (Å²) in [6, 6.07) is 3.70. The Hall–Kier alpha value is -1.09. The molecule has 1 fully saturated rings. The van der Waals surface area contributed by atoms with Crippen LogP contribution < -0.4 is 5.73 Å². The average Bonchev–Trinajstić information content (AvgIpc) is 1.83. The maximum absolute atomic E-state index is 5.59. The van der Waals surface area contributed by atoms with E-state index in [4.69, 9.17) is 10.5 Å². The molecule has 2 N–H and O–H groups in total. The lowest BCUT2D eigenvalue weighted by Gasteiger charge is -2.25. The molecule has 3 nitrogen and oxygen atoms in total. The fourth-order valence-corrected chi connectivity index (χ4v) is 1.10. The van der Waals surface area contributed by atoms with E-state index in [-0.39, 0.29) is 0 Å². The first-order valence-corrected chi connectivity index (χ1v) is 3.65. The molecule has 0 aromatic carbocycles. The molecule has 1 aromatic heterocycles. The summed E-state index contributed by atoms with van der Waals surface area (Å²) in [6.07, 6.45) is 1.74. The Kier molecular flexibility index (Phi) is 1.51. The van der Waals surface area contributed by atoms with Crippen LogP contribution in [0.3, 0.4) is 0 Å². The van der Waals surface area contributed by atoms with Gasteiger partial charge in [-0.1, -0.05) is 0 Å². The lowest BCUT2D eigenvalue weighted by atomic mass is 10.0. The third kappa shape index (κ3) is 1.19. The third-order valence-electron chi connectivity index (χ3n) is 1.86. The molecule has 3 heteroatoms. The van der Waals surface area contributed by atoms with Crippen molar-refractivity contribution in [3.05, 3.63) is 24.0 Å². The van der Waals surface area contributed by atoms with Crippen molar-refractivity contribution in [1.29, 1.82) is 0 Å². The first-order valence-electron chi connectivity index (χ1n) is 3.65. The van der Waals surface area contributed by atoms with E-state index >= 15 is 0 Å². The van der Waals surface area contributed by atoms with E-state index in [2.05, 4.69) is 4.98 Å². The molecule has 1 aliphatic rings. The van der Waals surface area contributed by atoms with Crippen LogP contribution in [0.4, 0.5) is 5.69 Å². The van der Waals surface area contributed by atoms with Gasteiger partial charge < -0.3 is 10.5 Å². The Balaban J connectivity index is 2.23. The zero-order valence-corrected chi connectivity index (χ0v) is 6.16. The normalized spacial score (nSPS) is 17.8. The zero-order valence-electron chi connectivity index (χ0n) is 6.16. The zero-order chi connectivity index (χ0) is 7.68. The largest absolute Gasteiger partial charge is 0.399 e. The standard InChI is InChI=1S/C8H10N2O/c9-7-1-2-10-8(3-7)6-4-11-5-6/h1-3,6H,4-5H2,(H2,9,10). The van der Waals surface area contributed by atoms with Crippen LogP contribution in [-0.2, 0) is 4.74 Å². The summed E-state index contributed by atoms with van der Waals surface area (Å²) in [6.45, 7) is 1.58. The highest BCUT2D eigenvalue weighted by Crippen LogP contribution is 2.22. The van der Waals surface area contributed by atoms with Crippen molar-refractivity contribution >= 4 is 5.69 Å². The van der Waals surface area contributed by atoms with E-state index < -0.39 is 0 Å². The summed E-state index contributed by atoms with van der Waals surface area (Å²) in [5, 5.41) is 0. The van der Waals surface area contributed by atoms with Gasteiger partial charge in [0.15, 0.2) is 0 Å². The second-order valence-electron chi connectivity index (χ2n) is 2.75. The number of pyridine rings is 1. The second kappa shape index (κ2) is 2.51. The van der Waals surface area contributed by atoms with E-state index in [9.17, 15) is 0 Å². The monoisotopic (exact) mass is 150 g/mol. The van der Waals surface area contributed by atoms with Crippen molar-refractivity contribution in [1.82, 2.24) is 4.98 Å². The highest BCUT2D eigenvalue weighted by molar-refractivity contribution is 5.38. The van der Waals surface area contributed by atoms with Crippen molar-refractivity contribution in [3.8, 4) is 0 Å². The van der Waals surface area contributed by atoms with E-state index in [0.29, 0.717) is 5.92 Å². The maximum Gasteiger partial charge on any atom is 0.0572 e. The Bertz CT molecular complexity index is 258. The summed E-state index contributed by atoms with van der Waals surface area (Å²) >= 11 is 0. The summed E-state index contributed by atoms with van der Waals surface area (Å²) in [7, 11) is 0. The van der Waals surface area contributed by atoms with Gasteiger partial charge in [-0.05, 0) is 12.1 Å². The molecular formula is C8H10N2O. The van der Waals surface area contributed by atoms with Gasteiger partial charge in [0.1, 0.15) is 0 Å². The minimum absolute atomic E-state index is 0.471. The lowest BCUT2D eigenvalue weighted by molar-refractivity contribution is 0.00674. The molecule has 0 atom stereocenters. The first kappa shape index (κ1) is 6.61. The molecule has 0 amide bonds. The van der Waals surface area contributed by atoms with Gasteiger partial charge >= 0.3 is 0 Å². The molecule has 0 saturated carbocycles. The van der Waals surface area contributed by atoms with Gasteiger partial charge in [0.05, 0.1) is 18.9 Å². The fourth-order valence-electron chi connectivity index (χ4n) is 1.10. The molecule has 2 rings (SSSR count). The SMILES string of the molecule is Nc1ccnc(C2COC2)c1. The molecule has 0 bridgehead atoms. The molecule has 11 heavy (non-hydrogen) atoms. The van der Waals surface area contributed by atoms with Crippen LogP contribution in [0.25, 0.3) is 0 Å². The number of aromatic nitrogens is 1. The quantitative estimate of drug-likeness (QED) is 0.643. The molecule has 1 saturated heterocycles. The summed E-state index contributed by atoms with van der Waals surface area (Å²) in [5.41, 5.74) is 7.43. The third-order valence-corrected chi connectivity index (χ3v) is 1.86. The molecule has 0 radical (unpaired) electrons. The Morgan fingerprint density at radius 1 is 1.55 bits per heavy atom. The van der Waals surface area contributed by atoms with Crippen molar-refractivity contribution in [2.45, 2.75) is 5.92 Å². The summed E-state index contributed by atoms with van der Waals surface area (Å²) < 4.78 is 5.05. The second-order valence-corrected chi connectivity index (χ2v) is 2.75. The lowest BCUT2D eigenvalue weighted by Crippen LogP contribution is -2.25. The average molecular weight is 150 g/mol. The van der Waals surface area contributed by atoms with Crippen molar-refractivity contribution in [2.75, 3.05) is 18.9 Å². The molecule has 0 spiro atoms. The Labute approximate surface area is 65.2 Å². The molecule has 1 aliphatic heterocycles. The summed E-state index contributed by atoms with van der Waals surface area (Å²) in [5.74, 6) is 0.471. The number of nitrogen functional groups attached to an aromatic ring is 1. The van der Waals surface area contributed by atoms with Gasteiger partial charge in [0.25, 0.3) is 0 Å². The van der Waals surface area contributed by atoms with E-state index in [1.54, 1.807) is 12.3 Å². The van der Waals surface area contributed by atoms with Gasteiger partial charge in [0, 0.05) is 17.8 Å². The molecule has 0 unspecified atom stereocenters. The van der Waals surface area contributed by atoms with Gasteiger partial charge in [0.2, 0.25) is 0 Å². The molecule has 58 valence electrons. The van der Waals surface area contributed by atoms with Gasteiger partial charge in [-0.25, -0.2) is 0 Å². The van der Waals surface area contributed by atoms with Crippen LogP contribution in [0, 0.1) is 0 Å². The number of nitrogens with two attached hydrogens (primary N) is 1. The predicted octanol–water partition coefficient (Wildman–Crippen LogP) is 0.778. The highest BCUT2D eigenvalue weighted by atomic mass is 16.5. The topological polar surface area (TPSA) is 48.1 Å². The van der Waals surface area contributed by atoms with Gasteiger partial charge in [-0.15, -0.1) is 0 Å². The molecule has 1 aromatic rings. The molecule has 2 heterocycles. The van der Waals surface area contributed by atoms with Crippen LogP contribution in [0.1, 0.15) is 11.6 Å². The number of anilines is 1. The number of nitrogens with zero attached hydrogens (tertiary/aromatic N) is 1. The van der Waals surface area contributed by atoms with E-state index in [1.807, 2.05) is 6.07 Å². The number of rotatable bonds is 1. The smallest absolute Gasteiger partial charge is 0.0572 e. The Morgan fingerprint density at radius 3 is 2.91 bits per heavy atom. The fraction of sp³-hybridized carbons (Fsp3) is 0.375. The minimum Gasteiger partial charge on any atom is -0.399 e. The number of hydrogen-bond acceptors (Lipinski definition) is 3. The van der Waals surface area contributed by atoms with Crippen LogP contribution in [0.15, 0.2) is 18.3 Å². The van der Waals surface area contributed by atoms with Crippen LogP contribution in [-0.4, -0.2) is 18.2 Å². The first-order chi connectivity index (χ1) is 5.36. The van der Waals surface area contributed by atoms with E-state index in [0.717, 1.165) is 24.6 Å². The number of hydrogen-bond donors (Lipinski definition) is 1. The Morgan fingerprint density at radius 2 is 2.36 bits per heavy atom. The molecular weight excluding hydrogens is 140 g/mol. The summed E-state index contributed by atoms with van der Waals surface area (Å²) in [4.78, 5) is 4.20. The van der Waals surface area contributed by atoms with Gasteiger partial charge in [-0.3, -0.25) is 4.98 Å². The van der Waals surface area contributed by atoms with Crippen molar-refractivity contribution in [3.63, 3.8) is 0 Å². The van der Waals surface area contributed by atoms with Crippen molar-refractivity contribution in [2.24, 2.45) is 0 Å². The van der Waals surface area contributed by atoms with Crippen LogP contribution in [0.2, 0.25) is 0 Å². The van der Waals surface area contributed by atoms with Crippen LogP contribution >= 0.6 is 0 Å². The molecule has 0 aliphatic carbocycles. The highest BCUT2D eigenvalue weighted by Gasteiger charge is 2.21. The van der Waals surface area contributed by atoms with E-state index in [1.165, 1.54) is 0 Å². The maximum atomic E-state index is 5.59. The van der Waals surface area contributed by atoms with Gasteiger partial charge in [-0.2, -0.15) is 0 Å². The predicted molar refractivity (Wildman–Crippen MR) is 42.2 cm³/mol. The van der Waals surface area contributed by atoms with Crippen LogP contribution in [0.5, 0.6) is 0 Å². The number of ether oxygens (including phenoxy) is 1.